The van der Waals surface area contributed by atoms with Crippen molar-refractivity contribution in [3.63, 3.8) is 0 Å². The number of carbonyl (C=O) groups excluding carboxylic acids is 5. The normalized spacial score (nSPS) is 11.6. The molecule has 1 atom stereocenters. The summed E-state index contributed by atoms with van der Waals surface area (Å²) in [4.78, 5) is 60.6. The van der Waals surface area contributed by atoms with Gasteiger partial charge in [-0.2, -0.15) is 0 Å². The Bertz CT molecular complexity index is 1030. The summed E-state index contributed by atoms with van der Waals surface area (Å²) in [6.45, 7) is 5.62. The van der Waals surface area contributed by atoms with Gasteiger partial charge in [0, 0.05) is 25.8 Å². The lowest BCUT2D eigenvalue weighted by Gasteiger charge is -2.18. The zero-order valence-corrected chi connectivity index (χ0v) is 38.2. The van der Waals surface area contributed by atoms with E-state index in [0.29, 0.717) is 32.7 Å². The summed E-state index contributed by atoms with van der Waals surface area (Å²) in [5, 5.41) is 2.68. The standard InChI is InChI=1S/C47H88N2O11/c1-3-5-7-9-11-13-15-17-19-21-23-25-27-29-45(52)58-39-42(60-47(54)30-28-26-24-22-20-18-16-14-12-10-8-6-4-2)40-59-46(53)32-31-44(51)49-33-34-55-35-36-56-37-38-57-41-43(48)50/h42H,3-41H2,1-2H3,(H2,48,50)(H,49,51). The van der Waals surface area contributed by atoms with Crippen LogP contribution in [0.4, 0.5) is 0 Å². The maximum atomic E-state index is 12.7. The molecule has 0 aromatic heterocycles. The largest absolute Gasteiger partial charge is 0.462 e. The monoisotopic (exact) mass is 857 g/mol. The van der Waals surface area contributed by atoms with Crippen LogP contribution in [0.5, 0.6) is 0 Å². The first-order valence-corrected chi connectivity index (χ1v) is 24.1. The number of ether oxygens (including phenoxy) is 6. The SMILES string of the molecule is CCCCCCCCCCCCCCCC(=O)OCC(COC(=O)CCC(=O)NCCOCCOCCOCC(N)=O)OC(=O)CCCCCCCCCCCCCCC. The summed E-state index contributed by atoms with van der Waals surface area (Å²) in [7, 11) is 0. The van der Waals surface area contributed by atoms with Crippen molar-refractivity contribution in [2.45, 2.75) is 213 Å². The molecule has 352 valence electrons. The van der Waals surface area contributed by atoms with E-state index in [-0.39, 0.29) is 70.7 Å². The van der Waals surface area contributed by atoms with Gasteiger partial charge in [-0.15, -0.1) is 0 Å². The smallest absolute Gasteiger partial charge is 0.306 e. The molecule has 3 N–H and O–H groups in total. The molecule has 0 aliphatic rings. The molecule has 2 amide bonds. The van der Waals surface area contributed by atoms with Crippen LogP contribution in [0.2, 0.25) is 0 Å². The van der Waals surface area contributed by atoms with Gasteiger partial charge in [-0.3, -0.25) is 24.0 Å². The van der Waals surface area contributed by atoms with Crippen molar-refractivity contribution in [1.82, 2.24) is 5.32 Å². The van der Waals surface area contributed by atoms with E-state index in [1.807, 2.05) is 0 Å². The zero-order chi connectivity index (χ0) is 44.0. The Morgan fingerprint density at radius 3 is 1.23 bits per heavy atom. The lowest BCUT2D eigenvalue weighted by atomic mass is 10.0. The Morgan fingerprint density at radius 1 is 0.433 bits per heavy atom. The average molecular weight is 857 g/mol. The Balaban J connectivity index is 4.41. The Hall–Kier alpha value is -2.77. The molecule has 0 heterocycles. The Morgan fingerprint density at radius 2 is 0.800 bits per heavy atom. The van der Waals surface area contributed by atoms with Gasteiger partial charge in [0.05, 0.1) is 39.5 Å². The lowest BCUT2D eigenvalue weighted by molar-refractivity contribution is -0.167. The first-order chi connectivity index (χ1) is 29.3. The highest BCUT2D eigenvalue weighted by Gasteiger charge is 2.20. The van der Waals surface area contributed by atoms with Gasteiger partial charge in [-0.25, -0.2) is 0 Å². The molecule has 0 aromatic rings. The highest BCUT2D eigenvalue weighted by molar-refractivity contribution is 5.81. The number of primary amides is 1. The molecule has 0 aliphatic carbocycles. The van der Waals surface area contributed by atoms with Crippen LogP contribution in [0.1, 0.15) is 206 Å². The van der Waals surface area contributed by atoms with Crippen LogP contribution in [0.15, 0.2) is 0 Å². The summed E-state index contributed by atoms with van der Waals surface area (Å²) in [6, 6.07) is 0. The van der Waals surface area contributed by atoms with Gasteiger partial charge in [-0.05, 0) is 12.8 Å². The molecule has 0 rings (SSSR count). The molecule has 0 aliphatic heterocycles. The minimum Gasteiger partial charge on any atom is -0.462 e. The number of hydrogen-bond donors (Lipinski definition) is 2. The van der Waals surface area contributed by atoms with E-state index < -0.39 is 23.9 Å². The molecular formula is C47H88N2O11. The lowest BCUT2D eigenvalue weighted by Crippen LogP contribution is -2.31. The van der Waals surface area contributed by atoms with Crippen molar-refractivity contribution >= 4 is 29.7 Å². The molecule has 0 spiro atoms. The van der Waals surface area contributed by atoms with Gasteiger partial charge in [0.1, 0.15) is 19.8 Å². The van der Waals surface area contributed by atoms with Crippen LogP contribution in [0.25, 0.3) is 0 Å². The fourth-order valence-corrected chi connectivity index (χ4v) is 6.63. The number of rotatable bonds is 47. The average Bonchev–Trinajstić information content (AvgIpc) is 3.23. The molecule has 0 bridgehead atoms. The van der Waals surface area contributed by atoms with Crippen molar-refractivity contribution in [1.29, 1.82) is 0 Å². The highest BCUT2D eigenvalue weighted by Crippen LogP contribution is 2.15. The number of hydrogen-bond acceptors (Lipinski definition) is 11. The van der Waals surface area contributed by atoms with Crippen LogP contribution >= 0.6 is 0 Å². The van der Waals surface area contributed by atoms with E-state index in [2.05, 4.69) is 19.2 Å². The third-order valence-electron chi connectivity index (χ3n) is 10.2. The summed E-state index contributed by atoms with van der Waals surface area (Å²) < 4.78 is 32.1. The molecule has 0 radical (unpaired) electrons. The van der Waals surface area contributed by atoms with Gasteiger partial charge in [0.25, 0.3) is 0 Å². The third kappa shape index (κ3) is 44.8. The van der Waals surface area contributed by atoms with Crippen molar-refractivity contribution in [2.24, 2.45) is 5.73 Å². The summed E-state index contributed by atoms with van der Waals surface area (Å²) in [5.41, 5.74) is 4.99. The highest BCUT2D eigenvalue weighted by atomic mass is 16.6. The molecule has 1 unspecified atom stereocenters. The maximum Gasteiger partial charge on any atom is 0.306 e. The number of amides is 2. The molecule has 60 heavy (non-hydrogen) atoms. The van der Waals surface area contributed by atoms with Gasteiger partial charge >= 0.3 is 17.9 Å². The second kappa shape index (κ2) is 45.7. The van der Waals surface area contributed by atoms with Crippen molar-refractivity contribution in [3.8, 4) is 0 Å². The molecule has 13 heteroatoms. The summed E-state index contributed by atoms with van der Waals surface area (Å²) >= 11 is 0. The third-order valence-corrected chi connectivity index (χ3v) is 10.2. The molecule has 0 saturated carbocycles. The van der Waals surface area contributed by atoms with Crippen LogP contribution in [-0.4, -0.2) is 95.2 Å². The molecule has 0 fully saturated rings. The van der Waals surface area contributed by atoms with Crippen LogP contribution < -0.4 is 11.1 Å². The molecule has 0 aromatic carbocycles. The van der Waals surface area contributed by atoms with E-state index in [1.54, 1.807) is 0 Å². The van der Waals surface area contributed by atoms with E-state index in [0.717, 1.165) is 32.1 Å². The minimum atomic E-state index is -0.920. The minimum absolute atomic E-state index is 0.0785. The van der Waals surface area contributed by atoms with Crippen molar-refractivity contribution < 1.29 is 52.4 Å². The van der Waals surface area contributed by atoms with E-state index in [4.69, 9.17) is 34.2 Å². The molecule has 13 nitrogen and oxygen atoms in total. The predicted octanol–water partition coefficient (Wildman–Crippen LogP) is 9.38. The maximum absolute atomic E-state index is 12.7. The number of esters is 3. The molecular weight excluding hydrogens is 769 g/mol. The van der Waals surface area contributed by atoms with E-state index >= 15 is 0 Å². The van der Waals surface area contributed by atoms with Crippen LogP contribution in [0, 0.1) is 0 Å². The number of carbonyl (C=O) groups is 5. The Labute approximate surface area is 364 Å². The Kier molecular flexibility index (Phi) is 43.6. The predicted molar refractivity (Wildman–Crippen MR) is 236 cm³/mol. The summed E-state index contributed by atoms with van der Waals surface area (Å²) in [5.74, 6) is -2.25. The quantitative estimate of drug-likeness (QED) is 0.0338. The first kappa shape index (κ1) is 57.2. The van der Waals surface area contributed by atoms with Crippen LogP contribution in [-0.2, 0) is 52.4 Å². The second-order valence-electron chi connectivity index (χ2n) is 16.1. The van der Waals surface area contributed by atoms with Gasteiger partial charge < -0.3 is 39.5 Å². The first-order valence-electron chi connectivity index (χ1n) is 24.1. The second-order valence-corrected chi connectivity index (χ2v) is 16.1. The zero-order valence-electron chi connectivity index (χ0n) is 38.2. The number of nitrogens with two attached hydrogens (primary N) is 1. The van der Waals surface area contributed by atoms with Gasteiger partial charge in [0.2, 0.25) is 11.8 Å². The van der Waals surface area contributed by atoms with E-state index in [9.17, 15) is 24.0 Å². The fraction of sp³-hybridized carbons (Fsp3) is 0.894. The topological polar surface area (TPSA) is 179 Å². The van der Waals surface area contributed by atoms with Crippen molar-refractivity contribution in [2.75, 3.05) is 59.4 Å². The van der Waals surface area contributed by atoms with E-state index in [1.165, 1.54) is 128 Å². The molecule has 0 saturated heterocycles. The number of unbranched alkanes of at least 4 members (excludes halogenated alkanes) is 24. The number of nitrogens with one attached hydrogen (secondary N) is 1. The fourth-order valence-electron chi connectivity index (χ4n) is 6.63. The van der Waals surface area contributed by atoms with Crippen LogP contribution in [0.3, 0.4) is 0 Å². The van der Waals surface area contributed by atoms with Gasteiger partial charge in [0.15, 0.2) is 6.10 Å². The van der Waals surface area contributed by atoms with Gasteiger partial charge in [-0.1, -0.05) is 168 Å². The van der Waals surface area contributed by atoms with Crippen molar-refractivity contribution in [3.05, 3.63) is 0 Å². The summed E-state index contributed by atoms with van der Waals surface area (Å²) in [6.07, 6.45) is 30.9.